The highest BCUT2D eigenvalue weighted by Gasteiger charge is 2.68. The van der Waals surface area contributed by atoms with Crippen LogP contribution in [0.2, 0.25) is 0 Å². The van der Waals surface area contributed by atoms with Crippen LogP contribution in [0.5, 0.6) is 11.5 Å². The van der Waals surface area contributed by atoms with Gasteiger partial charge in [-0.1, -0.05) is 6.07 Å². The Morgan fingerprint density at radius 1 is 1.45 bits per heavy atom. The zero-order valence-corrected chi connectivity index (χ0v) is 12.7. The highest BCUT2D eigenvalue weighted by Crippen LogP contribution is 2.63. The van der Waals surface area contributed by atoms with Gasteiger partial charge < -0.3 is 14.3 Å². The molecule has 2 fully saturated rings. The van der Waals surface area contributed by atoms with Gasteiger partial charge in [0.15, 0.2) is 23.4 Å². The predicted octanol–water partition coefficient (Wildman–Crippen LogP) is 1.81. The molecule has 1 N–H and O–H groups in total. The number of hydrogen-bond donors (Lipinski definition) is 1. The Kier molecular flexibility index (Phi) is 2.16. The molecule has 2 bridgehead atoms. The Bertz CT molecular complexity index is 711. The first kappa shape index (κ1) is 12.9. The van der Waals surface area contributed by atoms with Gasteiger partial charge in [0.05, 0.1) is 25.0 Å². The molecule has 2 aliphatic carbocycles. The van der Waals surface area contributed by atoms with E-state index in [1.54, 1.807) is 6.07 Å². The summed E-state index contributed by atoms with van der Waals surface area (Å²) in [7, 11) is 8.68. The highest BCUT2D eigenvalue weighted by molar-refractivity contribution is 5.89. The molecule has 5 atom stereocenters. The van der Waals surface area contributed by atoms with Crippen LogP contribution in [0.25, 0.3) is 0 Å². The largest absolute Gasteiger partial charge is 0.504 e. The molecule has 5 unspecified atom stereocenters. The summed E-state index contributed by atoms with van der Waals surface area (Å²) in [6.07, 6.45) is 2.81. The number of phenolic OH excluding ortho intramolecular Hbond substituents is 1. The molecule has 2 aliphatic heterocycles. The fourth-order valence-corrected chi connectivity index (χ4v) is 5.74. The van der Waals surface area contributed by atoms with Crippen molar-refractivity contribution in [3.63, 3.8) is 0 Å². The highest BCUT2D eigenvalue weighted by atomic mass is 16.5. The third kappa shape index (κ3) is 1.23. The Balaban J connectivity index is 1.83. The smallest absolute Gasteiger partial charge is 0.206 e. The van der Waals surface area contributed by atoms with Crippen LogP contribution >= 0.6 is 0 Å². The molecule has 1 aromatic carbocycles. The molecule has 2 radical (unpaired) electrons. The topological polar surface area (TPSA) is 46.5 Å². The number of phenols is 1. The van der Waals surface area contributed by atoms with E-state index in [9.17, 15) is 9.90 Å². The number of likely N-dealkylation sites (N-methyl/N-ethyl adjacent to an activating group) is 1. The SMILES string of the molecule is [CH][N+]1(C)CCC23c4c5ccc(O)c4OC2C(=O)CCC3C1C5. The molecule has 2 heterocycles. The maximum absolute atomic E-state index is 12.5. The number of quaternary nitrogens is 1. The van der Waals surface area contributed by atoms with Crippen molar-refractivity contribution in [1.82, 2.24) is 0 Å². The van der Waals surface area contributed by atoms with Gasteiger partial charge in [-0.15, -0.1) is 0 Å². The second kappa shape index (κ2) is 3.67. The molecule has 0 aromatic heterocycles. The van der Waals surface area contributed by atoms with E-state index >= 15 is 0 Å². The van der Waals surface area contributed by atoms with Crippen LogP contribution in [0.1, 0.15) is 30.4 Å². The molecule has 1 saturated carbocycles. The maximum Gasteiger partial charge on any atom is 0.206 e. The first-order valence-corrected chi connectivity index (χ1v) is 8.13. The second-order valence-corrected chi connectivity index (χ2v) is 7.69. The summed E-state index contributed by atoms with van der Waals surface area (Å²) in [5.41, 5.74) is 2.07. The van der Waals surface area contributed by atoms with E-state index in [1.807, 2.05) is 6.07 Å². The lowest BCUT2D eigenvalue weighted by atomic mass is 9.51. The third-order valence-corrected chi connectivity index (χ3v) is 6.71. The molecule has 1 spiro atoms. The van der Waals surface area contributed by atoms with Gasteiger partial charge >= 0.3 is 0 Å². The zero-order valence-electron chi connectivity index (χ0n) is 12.7. The van der Waals surface area contributed by atoms with Crippen LogP contribution in [0, 0.1) is 13.0 Å². The number of Topliss-reactive ketones (excluding diaryl/α,β-unsaturated/α-hetero) is 1. The van der Waals surface area contributed by atoms with Crippen LogP contribution in [-0.2, 0) is 16.6 Å². The molecule has 0 amide bonds. The number of carbonyl (C=O) groups is 1. The summed E-state index contributed by atoms with van der Waals surface area (Å²) in [5, 5.41) is 10.2. The van der Waals surface area contributed by atoms with Crippen molar-refractivity contribution in [2.24, 2.45) is 5.92 Å². The maximum atomic E-state index is 12.5. The van der Waals surface area contributed by atoms with Gasteiger partial charge in [0.2, 0.25) is 7.05 Å². The second-order valence-electron chi connectivity index (χ2n) is 7.69. The number of hydrogen-bond acceptors (Lipinski definition) is 3. The Morgan fingerprint density at radius 2 is 2.27 bits per heavy atom. The third-order valence-electron chi connectivity index (χ3n) is 6.71. The van der Waals surface area contributed by atoms with Crippen LogP contribution in [-0.4, -0.2) is 41.1 Å². The lowest BCUT2D eigenvalue weighted by Crippen LogP contribution is -2.69. The number of ether oxygens (including phenoxy) is 1. The van der Waals surface area contributed by atoms with Crippen LogP contribution < -0.4 is 4.74 Å². The van der Waals surface area contributed by atoms with Gasteiger partial charge in [-0.2, -0.15) is 0 Å². The summed E-state index contributed by atoms with van der Waals surface area (Å²) in [6, 6.07) is 4.02. The number of likely N-dealkylation sites (tertiary alicyclic amines) is 1. The van der Waals surface area contributed by atoms with Crippen molar-refractivity contribution in [3.05, 3.63) is 30.3 Å². The monoisotopic (exact) mass is 298 g/mol. The summed E-state index contributed by atoms with van der Waals surface area (Å²) < 4.78 is 6.57. The predicted molar refractivity (Wildman–Crippen MR) is 79.4 cm³/mol. The van der Waals surface area contributed by atoms with Gasteiger partial charge in [-0.3, -0.25) is 4.79 Å². The molecule has 114 valence electrons. The van der Waals surface area contributed by atoms with Crippen molar-refractivity contribution in [2.45, 2.75) is 43.2 Å². The molecular formula is C18H20NO3+. The van der Waals surface area contributed by atoms with Crippen LogP contribution in [0.3, 0.4) is 0 Å². The molecule has 1 saturated heterocycles. The lowest BCUT2D eigenvalue weighted by molar-refractivity contribution is -0.904. The number of piperidine rings is 1. The van der Waals surface area contributed by atoms with Gasteiger partial charge in [0, 0.05) is 30.7 Å². The fraction of sp³-hybridized carbons (Fsp3) is 0.556. The van der Waals surface area contributed by atoms with E-state index in [-0.39, 0.29) is 16.9 Å². The number of ketones is 1. The molecule has 4 heteroatoms. The van der Waals surface area contributed by atoms with Gasteiger partial charge in [0.25, 0.3) is 0 Å². The molecule has 4 aliphatic rings. The molecule has 22 heavy (non-hydrogen) atoms. The minimum Gasteiger partial charge on any atom is -0.504 e. The average Bonchev–Trinajstić information content (AvgIpc) is 2.84. The first-order chi connectivity index (χ1) is 10.4. The lowest BCUT2D eigenvalue weighted by Gasteiger charge is -2.58. The number of nitrogens with zero attached hydrogens (tertiary/aromatic N) is 1. The Morgan fingerprint density at radius 3 is 3.09 bits per heavy atom. The van der Waals surface area contributed by atoms with E-state index in [4.69, 9.17) is 11.8 Å². The number of carbonyl (C=O) groups excluding carboxylic acids is 1. The first-order valence-electron chi connectivity index (χ1n) is 8.13. The van der Waals surface area contributed by atoms with E-state index in [2.05, 4.69) is 7.05 Å². The number of rotatable bonds is 0. The summed E-state index contributed by atoms with van der Waals surface area (Å²) in [5.74, 6) is 1.29. The van der Waals surface area contributed by atoms with Crippen LogP contribution in [0.4, 0.5) is 0 Å². The summed E-state index contributed by atoms with van der Waals surface area (Å²) in [4.78, 5) is 12.5. The zero-order chi connectivity index (χ0) is 15.3. The minimum atomic E-state index is -0.420. The Hall–Kier alpha value is -1.55. The Labute approximate surface area is 130 Å². The number of aromatic hydroxyl groups is 1. The fourth-order valence-electron chi connectivity index (χ4n) is 5.74. The summed E-state index contributed by atoms with van der Waals surface area (Å²) in [6.45, 7) is 0.850. The standard InChI is InChI=1S/C18H20NO3/c1-19(2)8-7-18-11-4-6-14(21)17(18)22-16-13(20)5-3-10(15(16)18)9-12(11)19/h1,3,5,11-12,17,20H,4,6-9H2,2H3/q+1. The van der Waals surface area contributed by atoms with Crippen LogP contribution in [0.15, 0.2) is 12.1 Å². The number of benzene rings is 1. The van der Waals surface area contributed by atoms with Crippen molar-refractivity contribution in [2.75, 3.05) is 13.6 Å². The average molecular weight is 298 g/mol. The van der Waals surface area contributed by atoms with Gasteiger partial charge in [-0.05, 0) is 18.1 Å². The van der Waals surface area contributed by atoms with E-state index in [1.165, 1.54) is 5.56 Å². The van der Waals surface area contributed by atoms with Gasteiger partial charge in [-0.25, -0.2) is 0 Å². The quantitative estimate of drug-likeness (QED) is 0.743. The molecule has 1 aromatic rings. The van der Waals surface area contributed by atoms with E-state index in [0.717, 1.165) is 31.4 Å². The molecule has 4 nitrogen and oxygen atoms in total. The summed E-state index contributed by atoms with van der Waals surface area (Å²) >= 11 is 0. The molecule has 5 rings (SSSR count). The molecular weight excluding hydrogens is 278 g/mol. The van der Waals surface area contributed by atoms with E-state index < -0.39 is 6.10 Å². The van der Waals surface area contributed by atoms with Gasteiger partial charge in [0.1, 0.15) is 0 Å². The van der Waals surface area contributed by atoms with E-state index in [0.29, 0.717) is 28.6 Å². The normalized spacial score (nSPS) is 40.1. The minimum absolute atomic E-state index is 0.170. The van der Waals surface area contributed by atoms with Crippen molar-refractivity contribution in [3.8, 4) is 11.5 Å². The van der Waals surface area contributed by atoms with Crippen molar-refractivity contribution < 1.29 is 19.1 Å². The van der Waals surface area contributed by atoms with Crippen molar-refractivity contribution in [1.29, 1.82) is 0 Å². The van der Waals surface area contributed by atoms with Crippen molar-refractivity contribution >= 4 is 5.78 Å².